The van der Waals surface area contributed by atoms with E-state index in [0.29, 0.717) is 30.0 Å². The number of aryl methyl sites for hydroxylation is 1. The van der Waals surface area contributed by atoms with Crippen molar-refractivity contribution in [1.82, 2.24) is 20.1 Å². The van der Waals surface area contributed by atoms with Gasteiger partial charge in [-0.2, -0.15) is 0 Å². The number of benzene rings is 1. The van der Waals surface area contributed by atoms with E-state index in [-0.39, 0.29) is 5.91 Å². The number of aromatic nitrogens is 3. The summed E-state index contributed by atoms with van der Waals surface area (Å²) in [6.45, 7) is 0.447. The first kappa shape index (κ1) is 13.9. The lowest BCUT2D eigenvalue weighted by Crippen LogP contribution is -2.27. The van der Waals surface area contributed by atoms with Gasteiger partial charge in [0, 0.05) is 25.7 Å². The van der Waals surface area contributed by atoms with Gasteiger partial charge >= 0.3 is 0 Å². The number of nitrogens with one attached hydrogen (secondary N) is 1. The Morgan fingerprint density at radius 3 is 2.95 bits per heavy atom. The predicted octanol–water partition coefficient (Wildman–Crippen LogP) is 0.378. The molecule has 1 aromatic carbocycles. The Bertz CT molecular complexity index is 609. The van der Waals surface area contributed by atoms with Crippen molar-refractivity contribution in [3.8, 4) is 5.75 Å². The second-order valence-corrected chi connectivity index (χ2v) is 4.29. The summed E-state index contributed by atoms with van der Waals surface area (Å²) in [5, 5.41) is 10.5. The minimum Gasteiger partial charge on any atom is -0.496 e. The number of hydrogen-bond donors (Lipinski definition) is 2. The van der Waals surface area contributed by atoms with Crippen LogP contribution in [-0.2, 0) is 13.5 Å². The Kier molecular flexibility index (Phi) is 4.19. The Hall–Kier alpha value is -2.57. The average molecular weight is 275 g/mol. The molecule has 0 aliphatic carbocycles. The average Bonchev–Trinajstić information content (AvgIpc) is 2.84. The van der Waals surface area contributed by atoms with Crippen LogP contribution in [0.1, 0.15) is 16.2 Å². The number of carbonyl (C=O) groups is 1. The van der Waals surface area contributed by atoms with Gasteiger partial charge in [0.25, 0.3) is 5.91 Å². The number of nitrogens with zero attached hydrogens (tertiary/aromatic N) is 3. The number of ether oxygens (including phenoxy) is 1. The van der Waals surface area contributed by atoms with E-state index in [9.17, 15) is 4.79 Å². The third-order valence-corrected chi connectivity index (χ3v) is 2.94. The third kappa shape index (κ3) is 2.87. The fourth-order valence-electron chi connectivity index (χ4n) is 1.87. The molecule has 0 radical (unpaired) electrons. The van der Waals surface area contributed by atoms with Crippen molar-refractivity contribution in [2.45, 2.75) is 6.42 Å². The standard InChI is InChI=1S/C13H17N5O2/c1-18-8-16-17-11(18)6-7-15-13(19)12-9(14)4-3-5-10(12)20-2/h3-5,8H,6-7,14H2,1-2H3,(H,15,19). The van der Waals surface area contributed by atoms with Gasteiger partial charge in [-0.15, -0.1) is 10.2 Å². The van der Waals surface area contributed by atoms with Gasteiger partial charge in [0.1, 0.15) is 23.5 Å². The van der Waals surface area contributed by atoms with Gasteiger partial charge in [-0.3, -0.25) is 4.79 Å². The summed E-state index contributed by atoms with van der Waals surface area (Å²) in [5.74, 6) is 1.00. The Balaban J connectivity index is 2.00. The van der Waals surface area contributed by atoms with Crippen molar-refractivity contribution in [3.63, 3.8) is 0 Å². The molecule has 1 aromatic heterocycles. The quantitative estimate of drug-likeness (QED) is 0.769. The largest absolute Gasteiger partial charge is 0.496 e. The minimum atomic E-state index is -0.262. The van der Waals surface area contributed by atoms with E-state index in [1.807, 2.05) is 11.6 Å². The summed E-state index contributed by atoms with van der Waals surface area (Å²) in [6.07, 6.45) is 2.21. The first-order chi connectivity index (χ1) is 9.63. The lowest BCUT2D eigenvalue weighted by Gasteiger charge is -2.11. The van der Waals surface area contributed by atoms with Crippen LogP contribution >= 0.6 is 0 Å². The van der Waals surface area contributed by atoms with E-state index in [1.54, 1.807) is 24.5 Å². The van der Waals surface area contributed by atoms with Crippen LogP contribution in [0.25, 0.3) is 0 Å². The van der Waals surface area contributed by atoms with E-state index in [1.165, 1.54) is 7.11 Å². The zero-order valence-electron chi connectivity index (χ0n) is 11.5. The Morgan fingerprint density at radius 1 is 1.50 bits per heavy atom. The van der Waals surface area contributed by atoms with Gasteiger partial charge in [0.05, 0.1) is 7.11 Å². The number of amides is 1. The number of carbonyl (C=O) groups excluding carboxylic acids is 1. The second-order valence-electron chi connectivity index (χ2n) is 4.29. The SMILES string of the molecule is COc1cccc(N)c1C(=O)NCCc1nncn1C. The molecule has 0 unspecified atom stereocenters. The minimum absolute atomic E-state index is 0.262. The van der Waals surface area contributed by atoms with Crippen molar-refractivity contribution in [2.75, 3.05) is 19.4 Å². The molecule has 3 N–H and O–H groups in total. The summed E-state index contributed by atoms with van der Waals surface area (Å²) in [5.41, 5.74) is 6.56. The highest BCUT2D eigenvalue weighted by atomic mass is 16.5. The lowest BCUT2D eigenvalue weighted by atomic mass is 10.1. The fraction of sp³-hybridized carbons (Fsp3) is 0.308. The molecule has 2 aromatic rings. The van der Waals surface area contributed by atoms with E-state index >= 15 is 0 Å². The van der Waals surface area contributed by atoms with Crippen molar-refractivity contribution < 1.29 is 9.53 Å². The zero-order valence-corrected chi connectivity index (χ0v) is 11.5. The van der Waals surface area contributed by atoms with E-state index < -0.39 is 0 Å². The molecule has 1 amide bonds. The molecule has 7 heteroatoms. The highest BCUT2D eigenvalue weighted by Crippen LogP contribution is 2.23. The Morgan fingerprint density at radius 2 is 2.30 bits per heavy atom. The maximum Gasteiger partial charge on any atom is 0.257 e. The van der Waals surface area contributed by atoms with Crippen molar-refractivity contribution in [1.29, 1.82) is 0 Å². The van der Waals surface area contributed by atoms with Crippen LogP contribution < -0.4 is 15.8 Å². The molecular weight excluding hydrogens is 258 g/mol. The van der Waals surface area contributed by atoms with Gasteiger partial charge in [-0.05, 0) is 12.1 Å². The van der Waals surface area contributed by atoms with Gasteiger partial charge in [0.15, 0.2) is 0 Å². The van der Waals surface area contributed by atoms with Crippen LogP contribution in [0.2, 0.25) is 0 Å². The fourth-order valence-corrected chi connectivity index (χ4v) is 1.87. The summed E-state index contributed by atoms with van der Waals surface area (Å²) in [4.78, 5) is 12.1. The molecule has 7 nitrogen and oxygen atoms in total. The normalized spacial score (nSPS) is 10.3. The summed E-state index contributed by atoms with van der Waals surface area (Å²) in [7, 11) is 3.36. The number of hydrogen-bond acceptors (Lipinski definition) is 5. The van der Waals surface area contributed by atoms with Crippen LogP contribution in [0.15, 0.2) is 24.5 Å². The van der Waals surface area contributed by atoms with Crippen LogP contribution in [0.3, 0.4) is 0 Å². The molecule has 0 saturated carbocycles. The molecular formula is C13H17N5O2. The smallest absolute Gasteiger partial charge is 0.257 e. The summed E-state index contributed by atoms with van der Waals surface area (Å²) < 4.78 is 6.96. The van der Waals surface area contributed by atoms with Crippen molar-refractivity contribution in [2.24, 2.45) is 7.05 Å². The number of methoxy groups -OCH3 is 1. The van der Waals surface area contributed by atoms with E-state index in [0.717, 1.165) is 5.82 Å². The number of nitrogen functional groups attached to an aromatic ring is 1. The molecule has 0 saturated heterocycles. The number of rotatable bonds is 5. The number of anilines is 1. The summed E-state index contributed by atoms with van der Waals surface area (Å²) >= 11 is 0. The van der Waals surface area contributed by atoms with E-state index in [4.69, 9.17) is 10.5 Å². The first-order valence-electron chi connectivity index (χ1n) is 6.17. The number of nitrogens with two attached hydrogens (primary N) is 1. The van der Waals surface area contributed by atoms with Gasteiger partial charge in [-0.1, -0.05) is 6.07 Å². The highest BCUT2D eigenvalue weighted by molar-refractivity contribution is 6.01. The monoisotopic (exact) mass is 275 g/mol. The second kappa shape index (κ2) is 6.05. The van der Waals surface area contributed by atoms with Crippen molar-refractivity contribution >= 4 is 11.6 Å². The molecule has 1 heterocycles. The van der Waals surface area contributed by atoms with Gasteiger partial charge < -0.3 is 20.4 Å². The van der Waals surface area contributed by atoms with Crippen LogP contribution in [0.4, 0.5) is 5.69 Å². The maximum absolute atomic E-state index is 12.1. The molecule has 2 rings (SSSR count). The summed E-state index contributed by atoms with van der Waals surface area (Å²) in [6, 6.07) is 5.11. The van der Waals surface area contributed by atoms with Gasteiger partial charge in [-0.25, -0.2) is 0 Å². The molecule has 0 spiro atoms. The molecule has 0 fully saturated rings. The molecule has 0 bridgehead atoms. The third-order valence-electron chi connectivity index (χ3n) is 2.94. The van der Waals surface area contributed by atoms with Crippen LogP contribution in [0, 0.1) is 0 Å². The van der Waals surface area contributed by atoms with Crippen LogP contribution in [-0.4, -0.2) is 34.3 Å². The molecule has 20 heavy (non-hydrogen) atoms. The lowest BCUT2D eigenvalue weighted by molar-refractivity contribution is 0.0952. The predicted molar refractivity (Wildman–Crippen MR) is 74.4 cm³/mol. The molecule has 0 atom stereocenters. The van der Waals surface area contributed by atoms with Crippen LogP contribution in [0.5, 0.6) is 5.75 Å². The van der Waals surface area contributed by atoms with Crippen molar-refractivity contribution in [3.05, 3.63) is 35.9 Å². The first-order valence-corrected chi connectivity index (χ1v) is 6.17. The van der Waals surface area contributed by atoms with E-state index in [2.05, 4.69) is 15.5 Å². The zero-order chi connectivity index (χ0) is 14.5. The van der Waals surface area contributed by atoms with Gasteiger partial charge in [0.2, 0.25) is 0 Å². The molecule has 0 aliphatic rings. The highest BCUT2D eigenvalue weighted by Gasteiger charge is 2.15. The molecule has 106 valence electrons. The molecule has 0 aliphatic heterocycles. The Labute approximate surface area is 116 Å². The maximum atomic E-state index is 12.1. The topological polar surface area (TPSA) is 95.1 Å².